The fourth-order valence-electron chi connectivity index (χ4n) is 4.07. The Morgan fingerprint density at radius 1 is 1.17 bits per heavy atom. The molecular formula is C23H33N5O2. The van der Waals surface area contributed by atoms with Crippen LogP contribution in [0.2, 0.25) is 0 Å². The van der Waals surface area contributed by atoms with Gasteiger partial charge in [-0.3, -0.25) is 9.59 Å². The van der Waals surface area contributed by atoms with Crippen LogP contribution in [-0.4, -0.2) is 71.7 Å². The van der Waals surface area contributed by atoms with E-state index >= 15 is 0 Å². The Bertz CT molecular complexity index is 851. The highest BCUT2D eigenvalue weighted by Gasteiger charge is 2.29. The molecule has 1 aliphatic rings. The van der Waals surface area contributed by atoms with Gasteiger partial charge in [0, 0.05) is 38.3 Å². The highest BCUT2D eigenvalue weighted by molar-refractivity contribution is 5.94. The van der Waals surface area contributed by atoms with E-state index in [1.165, 1.54) is 0 Å². The molecule has 0 atom stereocenters. The number of nitrogens with one attached hydrogen (secondary N) is 1. The summed E-state index contributed by atoms with van der Waals surface area (Å²) in [5.74, 6) is 0.0465. The molecule has 0 aliphatic carbocycles. The number of para-hydroxylation sites is 1. The van der Waals surface area contributed by atoms with Crippen molar-refractivity contribution in [1.82, 2.24) is 24.9 Å². The zero-order chi connectivity index (χ0) is 21.7. The number of amides is 2. The lowest BCUT2D eigenvalue weighted by Gasteiger charge is -2.33. The second-order valence-electron chi connectivity index (χ2n) is 9.20. The summed E-state index contributed by atoms with van der Waals surface area (Å²) >= 11 is 0. The highest BCUT2D eigenvalue weighted by atomic mass is 16.2. The molecule has 3 rings (SSSR count). The summed E-state index contributed by atoms with van der Waals surface area (Å²) in [6.45, 7) is 7.07. The first-order valence-corrected chi connectivity index (χ1v) is 10.6. The van der Waals surface area contributed by atoms with E-state index in [0.29, 0.717) is 38.0 Å². The largest absolute Gasteiger partial charge is 0.355 e. The van der Waals surface area contributed by atoms with Crippen molar-refractivity contribution in [2.24, 2.45) is 11.3 Å². The molecule has 1 aromatic heterocycles. The summed E-state index contributed by atoms with van der Waals surface area (Å²) in [7, 11) is 4.08. The third-order valence-electron chi connectivity index (χ3n) is 5.49. The first kappa shape index (κ1) is 22.0. The molecule has 7 heteroatoms. The summed E-state index contributed by atoms with van der Waals surface area (Å²) in [5.41, 5.74) is 1.52. The van der Waals surface area contributed by atoms with Gasteiger partial charge < -0.3 is 15.1 Å². The van der Waals surface area contributed by atoms with E-state index < -0.39 is 0 Å². The standard InChI is InChI=1S/C23H33N5O2/c1-23(2,17-26(3)4)16-24-21(29)18-10-12-27(13-11-18)22(30)19-14-25-28(15-19)20-8-6-5-7-9-20/h5-9,14-15,18H,10-13,16-17H2,1-4H3,(H,24,29). The lowest BCUT2D eigenvalue weighted by molar-refractivity contribution is -0.126. The molecule has 2 amide bonds. The van der Waals surface area contributed by atoms with Gasteiger partial charge in [0.25, 0.3) is 5.91 Å². The molecule has 1 saturated heterocycles. The number of likely N-dealkylation sites (tertiary alicyclic amines) is 1. The number of carbonyl (C=O) groups excluding carboxylic acids is 2. The lowest BCUT2D eigenvalue weighted by atomic mass is 9.91. The third-order valence-corrected chi connectivity index (χ3v) is 5.49. The van der Waals surface area contributed by atoms with Gasteiger partial charge in [0.15, 0.2) is 0 Å². The first-order valence-electron chi connectivity index (χ1n) is 10.6. The van der Waals surface area contributed by atoms with Gasteiger partial charge in [0.2, 0.25) is 5.91 Å². The predicted molar refractivity (Wildman–Crippen MR) is 118 cm³/mol. The normalized spacial score (nSPS) is 15.4. The number of hydrogen-bond acceptors (Lipinski definition) is 4. The molecule has 0 unspecified atom stereocenters. The fraction of sp³-hybridized carbons (Fsp3) is 0.522. The molecule has 2 heterocycles. The van der Waals surface area contributed by atoms with E-state index in [2.05, 4.69) is 29.2 Å². The van der Waals surface area contributed by atoms with Gasteiger partial charge in [-0.25, -0.2) is 4.68 Å². The first-order chi connectivity index (χ1) is 14.2. The highest BCUT2D eigenvalue weighted by Crippen LogP contribution is 2.21. The van der Waals surface area contributed by atoms with E-state index in [1.807, 2.05) is 49.3 Å². The number of carbonyl (C=O) groups is 2. The smallest absolute Gasteiger partial charge is 0.257 e. The van der Waals surface area contributed by atoms with Crippen molar-refractivity contribution in [3.8, 4) is 5.69 Å². The molecular weight excluding hydrogens is 378 g/mol. The average molecular weight is 412 g/mol. The second kappa shape index (κ2) is 9.43. The van der Waals surface area contributed by atoms with Crippen molar-refractivity contribution in [3.05, 3.63) is 48.3 Å². The number of hydrogen-bond donors (Lipinski definition) is 1. The van der Waals surface area contributed by atoms with Gasteiger partial charge in [0.1, 0.15) is 0 Å². The van der Waals surface area contributed by atoms with E-state index in [4.69, 9.17) is 0 Å². The summed E-state index contributed by atoms with van der Waals surface area (Å²) in [5, 5.41) is 7.43. The quantitative estimate of drug-likeness (QED) is 0.760. The van der Waals surface area contributed by atoms with Crippen LogP contribution in [-0.2, 0) is 4.79 Å². The monoisotopic (exact) mass is 411 g/mol. The number of piperidine rings is 1. The van der Waals surface area contributed by atoms with E-state index in [9.17, 15) is 9.59 Å². The summed E-state index contributed by atoms with van der Waals surface area (Å²) in [4.78, 5) is 29.4. The van der Waals surface area contributed by atoms with Gasteiger partial charge in [-0.1, -0.05) is 32.0 Å². The molecule has 0 bridgehead atoms. The minimum Gasteiger partial charge on any atom is -0.355 e. The Morgan fingerprint density at radius 2 is 1.83 bits per heavy atom. The van der Waals surface area contributed by atoms with E-state index in [-0.39, 0.29) is 23.1 Å². The van der Waals surface area contributed by atoms with Gasteiger partial charge in [-0.2, -0.15) is 5.10 Å². The SMILES string of the molecule is CN(C)CC(C)(C)CNC(=O)C1CCN(C(=O)c2cnn(-c3ccccc3)c2)CC1. The minimum absolute atomic E-state index is 0.0226. The maximum absolute atomic E-state index is 12.8. The molecule has 0 spiro atoms. The molecule has 0 saturated carbocycles. The number of rotatable bonds is 7. The van der Waals surface area contributed by atoms with Crippen molar-refractivity contribution < 1.29 is 9.59 Å². The molecule has 30 heavy (non-hydrogen) atoms. The fourth-order valence-corrected chi connectivity index (χ4v) is 4.07. The van der Waals surface area contributed by atoms with Crippen molar-refractivity contribution in [3.63, 3.8) is 0 Å². The summed E-state index contributed by atoms with van der Waals surface area (Å²) < 4.78 is 1.71. The topological polar surface area (TPSA) is 70.5 Å². The van der Waals surface area contributed by atoms with Crippen molar-refractivity contribution >= 4 is 11.8 Å². The summed E-state index contributed by atoms with van der Waals surface area (Å²) in [6, 6.07) is 9.73. The zero-order valence-corrected chi connectivity index (χ0v) is 18.5. The van der Waals surface area contributed by atoms with Crippen LogP contribution in [0.3, 0.4) is 0 Å². The maximum Gasteiger partial charge on any atom is 0.257 e. The molecule has 1 fully saturated rings. The molecule has 0 radical (unpaired) electrons. The average Bonchev–Trinajstić information content (AvgIpc) is 3.22. The van der Waals surface area contributed by atoms with Gasteiger partial charge in [0.05, 0.1) is 17.4 Å². The molecule has 162 valence electrons. The Morgan fingerprint density at radius 3 is 2.47 bits per heavy atom. The van der Waals surface area contributed by atoms with Crippen LogP contribution in [0, 0.1) is 11.3 Å². The van der Waals surface area contributed by atoms with E-state index in [0.717, 1.165) is 12.2 Å². The van der Waals surface area contributed by atoms with Crippen LogP contribution in [0.4, 0.5) is 0 Å². The second-order valence-corrected chi connectivity index (χ2v) is 9.20. The van der Waals surface area contributed by atoms with Gasteiger partial charge in [-0.15, -0.1) is 0 Å². The minimum atomic E-state index is -0.0313. The zero-order valence-electron chi connectivity index (χ0n) is 18.5. The Hall–Kier alpha value is -2.67. The third kappa shape index (κ3) is 5.69. The molecule has 1 aliphatic heterocycles. The number of benzene rings is 1. The number of aromatic nitrogens is 2. The Kier molecular flexibility index (Phi) is 6.92. The van der Waals surface area contributed by atoms with Crippen LogP contribution in [0.5, 0.6) is 0 Å². The van der Waals surface area contributed by atoms with E-state index in [1.54, 1.807) is 17.1 Å². The van der Waals surface area contributed by atoms with Crippen LogP contribution in [0.1, 0.15) is 37.0 Å². The van der Waals surface area contributed by atoms with Crippen LogP contribution >= 0.6 is 0 Å². The van der Waals surface area contributed by atoms with Crippen LogP contribution in [0.25, 0.3) is 5.69 Å². The van der Waals surface area contributed by atoms with Crippen molar-refractivity contribution in [2.45, 2.75) is 26.7 Å². The Labute approximate surface area is 179 Å². The maximum atomic E-state index is 12.8. The van der Waals surface area contributed by atoms with Gasteiger partial charge in [-0.05, 0) is 44.5 Å². The molecule has 1 aromatic carbocycles. The molecule has 1 N–H and O–H groups in total. The lowest BCUT2D eigenvalue weighted by Crippen LogP contribution is -2.46. The van der Waals surface area contributed by atoms with Crippen LogP contribution in [0.15, 0.2) is 42.7 Å². The predicted octanol–water partition coefficient (Wildman–Crippen LogP) is 2.43. The number of nitrogens with zero attached hydrogens (tertiary/aromatic N) is 4. The van der Waals surface area contributed by atoms with Crippen molar-refractivity contribution in [2.75, 3.05) is 40.3 Å². The van der Waals surface area contributed by atoms with Crippen molar-refractivity contribution in [1.29, 1.82) is 0 Å². The Balaban J connectivity index is 1.50. The van der Waals surface area contributed by atoms with Crippen LogP contribution < -0.4 is 5.32 Å². The summed E-state index contributed by atoms with van der Waals surface area (Å²) in [6.07, 6.45) is 4.77. The van der Waals surface area contributed by atoms with Gasteiger partial charge >= 0.3 is 0 Å². The molecule has 7 nitrogen and oxygen atoms in total. The molecule has 2 aromatic rings.